The molecule has 1 N–H and O–H groups in total. The summed E-state index contributed by atoms with van der Waals surface area (Å²) in [5, 5.41) is 9.14. The van der Waals surface area contributed by atoms with Crippen LogP contribution in [0.25, 0.3) is 0 Å². The van der Waals surface area contributed by atoms with Gasteiger partial charge in [0.15, 0.2) is 0 Å². The first-order valence-electron chi connectivity index (χ1n) is 5.76. The summed E-state index contributed by atoms with van der Waals surface area (Å²) in [4.78, 5) is 24.7. The zero-order chi connectivity index (χ0) is 14.1. The Bertz CT molecular complexity index is 492. The lowest BCUT2D eigenvalue weighted by Gasteiger charge is -2.32. The first-order valence-corrected chi connectivity index (χ1v) is 5.76. The molecule has 0 saturated carbocycles. The van der Waals surface area contributed by atoms with E-state index in [-0.39, 0.29) is 5.91 Å². The second-order valence-electron chi connectivity index (χ2n) is 5.05. The SMILES string of the molecule is Cc1ccc(C)c(C(=O)N(C)C(C)(C)C(=O)O)c1. The number of rotatable bonds is 3. The van der Waals surface area contributed by atoms with E-state index < -0.39 is 11.5 Å². The molecule has 0 aliphatic rings. The molecule has 0 aromatic heterocycles. The van der Waals surface area contributed by atoms with Crippen molar-refractivity contribution >= 4 is 11.9 Å². The molecule has 1 amide bonds. The summed E-state index contributed by atoms with van der Waals surface area (Å²) in [7, 11) is 1.51. The summed E-state index contributed by atoms with van der Waals surface area (Å²) in [6, 6.07) is 5.57. The number of likely N-dealkylation sites (N-methyl/N-ethyl adjacent to an activating group) is 1. The highest BCUT2D eigenvalue weighted by Gasteiger charge is 2.35. The van der Waals surface area contributed by atoms with E-state index in [2.05, 4.69) is 0 Å². The quantitative estimate of drug-likeness (QED) is 0.893. The van der Waals surface area contributed by atoms with Gasteiger partial charge in [0.25, 0.3) is 5.91 Å². The van der Waals surface area contributed by atoms with Crippen molar-refractivity contribution in [2.45, 2.75) is 33.2 Å². The first-order chi connectivity index (χ1) is 8.17. The van der Waals surface area contributed by atoms with E-state index in [4.69, 9.17) is 5.11 Å². The van der Waals surface area contributed by atoms with Gasteiger partial charge in [-0.25, -0.2) is 4.79 Å². The predicted octanol–water partition coefficient (Wildman–Crippen LogP) is 2.24. The number of carbonyl (C=O) groups is 2. The third kappa shape index (κ3) is 2.53. The van der Waals surface area contributed by atoms with Crippen molar-refractivity contribution in [2.24, 2.45) is 0 Å². The zero-order valence-corrected chi connectivity index (χ0v) is 11.4. The average Bonchev–Trinajstić information content (AvgIpc) is 2.30. The first kappa shape index (κ1) is 14.2. The summed E-state index contributed by atoms with van der Waals surface area (Å²) in [5.41, 5.74) is 1.14. The largest absolute Gasteiger partial charge is 0.480 e. The van der Waals surface area contributed by atoms with Gasteiger partial charge < -0.3 is 10.0 Å². The monoisotopic (exact) mass is 249 g/mol. The van der Waals surface area contributed by atoms with E-state index in [0.717, 1.165) is 11.1 Å². The fourth-order valence-electron chi connectivity index (χ4n) is 1.54. The molecule has 4 nitrogen and oxygen atoms in total. The van der Waals surface area contributed by atoms with Gasteiger partial charge in [0, 0.05) is 12.6 Å². The summed E-state index contributed by atoms with van der Waals surface area (Å²) in [6.45, 7) is 6.77. The molecule has 0 radical (unpaired) electrons. The van der Waals surface area contributed by atoms with Gasteiger partial charge in [0.2, 0.25) is 0 Å². The standard InChI is InChI=1S/C14H19NO3/c1-9-6-7-10(2)11(8-9)12(16)15(5)14(3,4)13(17)18/h6-8H,1-5H3,(H,17,18). The molecular formula is C14H19NO3. The van der Waals surface area contributed by atoms with Crippen molar-refractivity contribution in [1.82, 2.24) is 4.90 Å². The Morgan fingerprint density at radius 3 is 2.28 bits per heavy atom. The molecule has 1 rings (SSSR count). The number of aryl methyl sites for hydroxylation is 2. The van der Waals surface area contributed by atoms with Crippen LogP contribution in [0.4, 0.5) is 0 Å². The van der Waals surface area contributed by atoms with Crippen LogP contribution in [0.1, 0.15) is 35.3 Å². The third-order valence-electron chi connectivity index (χ3n) is 3.29. The van der Waals surface area contributed by atoms with Crippen LogP contribution in [0.2, 0.25) is 0 Å². The Balaban J connectivity index is 3.15. The smallest absolute Gasteiger partial charge is 0.329 e. The topological polar surface area (TPSA) is 57.6 Å². The number of carboxylic acid groups (broad SMARTS) is 1. The lowest BCUT2D eigenvalue weighted by Crippen LogP contribution is -2.50. The number of carboxylic acids is 1. The molecule has 0 heterocycles. The molecule has 0 spiro atoms. The molecule has 0 aliphatic heterocycles. The number of benzene rings is 1. The predicted molar refractivity (Wildman–Crippen MR) is 69.7 cm³/mol. The van der Waals surface area contributed by atoms with Crippen molar-refractivity contribution in [3.05, 3.63) is 34.9 Å². The average molecular weight is 249 g/mol. The number of hydrogen-bond acceptors (Lipinski definition) is 2. The maximum Gasteiger partial charge on any atom is 0.329 e. The van der Waals surface area contributed by atoms with Crippen LogP contribution in [0.3, 0.4) is 0 Å². The fraction of sp³-hybridized carbons (Fsp3) is 0.429. The molecule has 0 bridgehead atoms. The van der Waals surface area contributed by atoms with Crippen molar-refractivity contribution in [3.8, 4) is 0 Å². The van der Waals surface area contributed by atoms with Crippen LogP contribution >= 0.6 is 0 Å². The highest BCUT2D eigenvalue weighted by molar-refractivity contribution is 5.98. The molecule has 4 heteroatoms. The van der Waals surface area contributed by atoms with E-state index in [1.54, 1.807) is 6.07 Å². The second kappa shape index (κ2) is 4.80. The molecule has 0 aliphatic carbocycles. The van der Waals surface area contributed by atoms with Gasteiger partial charge in [-0.3, -0.25) is 4.79 Å². The molecule has 0 atom stereocenters. The molecule has 0 unspecified atom stereocenters. The minimum atomic E-state index is -1.23. The van der Waals surface area contributed by atoms with Crippen LogP contribution in [-0.2, 0) is 4.79 Å². The molecule has 18 heavy (non-hydrogen) atoms. The van der Waals surface area contributed by atoms with Crippen LogP contribution in [-0.4, -0.2) is 34.5 Å². The maximum absolute atomic E-state index is 12.3. The zero-order valence-electron chi connectivity index (χ0n) is 11.4. The summed E-state index contributed by atoms with van der Waals surface area (Å²) < 4.78 is 0. The van der Waals surface area contributed by atoms with E-state index in [1.807, 2.05) is 26.0 Å². The van der Waals surface area contributed by atoms with Gasteiger partial charge in [-0.15, -0.1) is 0 Å². The van der Waals surface area contributed by atoms with Gasteiger partial charge >= 0.3 is 5.97 Å². The number of aliphatic carboxylic acids is 1. The third-order valence-corrected chi connectivity index (χ3v) is 3.29. The van der Waals surface area contributed by atoms with Gasteiger partial charge in [-0.2, -0.15) is 0 Å². The molecular weight excluding hydrogens is 230 g/mol. The van der Waals surface area contributed by atoms with Crippen LogP contribution in [0, 0.1) is 13.8 Å². The minimum Gasteiger partial charge on any atom is -0.480 e. The lowest BCUT2D eigenvalue weighted by molar-refractivity contribution is -0.147. The highest BCUT2D eigenvalue weighted by atomic mass is 16.4. The van der Waals surface area contributed by atoms with Crippen molar-refractivity contribution in [1.29, 1.82) is 0 Å². The summed E-state index contributed by atoms with van der Waals surface area (Å²) >= 11 is 0. The fourth-order valence-corrected chi connectivity index (χ4v) is 1.54. The van der Waals surface area contributed by atoms with Crippen LogP contribution in [0.5, 0.6) is 0 Å². The molecule has 98 valence electrons. The van der Waals surface area contributed by atoms with Gasteiger partial charge in [0.05, 0.1) is 0 Å². The molecule has 0 fully saturated rings. The summed E-state index contributed by atoms with van der Waals surface area (Å²) in [5.74, 6) is -1.30. The molecule has 0 saturated heterocycles. The van der Waals surface area contributed by atoms with Crippen molar-refractivity contribution < 1.29 is 14.7 Å². The Morgan fingerprint density at radius 2 is 1.78 bits per heavy atom. The Labute approximate surface area is 107 Å². The normalized spacial score (nSPS) is 11.2. The number of amides is 1. The number of carbonyl (C=O) groups excluding carboxylic acids is 1. The Hall–Kier alpha value is -1.84. The van der Waals surface area contributed by atoms with Crippen molar-refractivity contribution in [3.63, 3.8) is 0 Å². The number of hydrogen-bond donors (Lipinski definition) is 1. The molecule has 1 aromatic carbocycles. The Morgan fingerprint density at radius 1 is 1.22 bits per heavy atom. The van der Waals surface area contributed by atoms with E-state index >= 15 is 0 Å². The second-order valence-corrected chi connectivity index (χ2v) is 5.05. The minimum absolute atomic E-state index is 0.274. The van der Waals surface area contributed by atoms with Crippen LogP contribution < -0.4 is 0 Å². The van der Waals surface area contributed by atoms with Gasteiger partial charge in [0.1, 0.15) is 5.54 Å². The van der Waals surface area contributed by atoms with E-state index in [9.17, 15) is 9.59 Å². The van der Waals surface area contributed by atoms with E-state index in [0.29, 0.717) is 5.56 Å². The van der Waals surface area contributed by atoms with Crippen molar-refractivity contribution in [2.75, 3.05) is 7.05 Å². The lowest BCUT2D eigenvalue weighted by atomic mass is 9.99. The Kier molecular flexibility index (Phi) is 3.79. The van der Waals surface area contributed by atoms with Gasteiger partial charge in [-0.1, -0.05) is 17.7 Å². The van der Waals surface area contributed by atoms with Crippen LogP contribution in [0.15, 0.2) is 18.2 Å². The maximum atomic E-state index is 12.3. The molecule has 1 aromatic rings. The van der Waals surface area contributed by atoms with E-state index in [1.165, 1.54) is 25.8 Å². The van der Waals surface area contributed by atoms with Gasteiger partial charge in [-0.05, 0) is 39.3 Å². The number of nitrogens with zero attached hydrogens (tertiary/aromatic N) is 1. The summed E-state index contributed by atoms with van der Waals surface area (Å²) in [6.07, 6.45) is 0. The highest BCUT2D eigenvalue weighted by Crippen LogP contribution is 2.19.